The molecule has 0 atom stereocenters. The Balaban J connectivity index is 3.11. The molecule has 1 heterocycles. The number of aryl methyl sites for hydroxylation is 1. The summed E-state index contributed by atoms with van der Waals surface area (Å²) in [6.07, 6.45) is 2.64. The lowest BCUT2D eigenvalue weighted by molar-refractivity contribution is -0.134. The van der Waals surface area contributed by atoms with Crippen molar-refractivity contribution in [1.82, 2.24) is 4.98 Å². The summed E-state index contributed by atoms with van der Waals surface area (Å²) in [7, 11) is -3.74. The van der Waals surface area contributed by atoms with Crippen molar-refractivity contribution in [2.45, 2.75) is 11.8 Å². The molecule has 14 heavy (non-hydrogen) atoms. The first kappa shape index (κ1) is 10.6. The monoisotopic (exact) mass is 215 g/mol. The number of sulfone groups is 1. The van der Waals surface area contributed by atoms with E-state index in [2.05, 4.69) is 4.98 Å². The van der Waals surface area contributed by atoms with E-state index in [1.807, 2.05) is 0 Å². The van der Waals surface area contributed by atoms with Gasteiger partial charge in [0.2, 0.25) is 0 Å². The van der Waals surface area contributed by atoms with Crippen LogP contribution in [0.15, 0.2) is 23.4 Å². The highest BCUT2D eigenvalue weighted by Crippen LogP contribution is 2.10. The van der Waals surface area contributed by atoms with Gasteiger partial charge < -0.3 is 5.11 Å². The summed E-state index contributed by atoms with van der Waals surface area (Å²) in [5, 5.41) is 8.38. The highest BCUT2D eigenvalue weighted by Gasteiger charge is 2.18. The molecule has 1 aromatic rings. The number of aromatic nitrogens is 1. The fourth-order valence-corrected chi connectivity index (χ4v) is 2.02. The van der Waals surface area contributed by atoms with Crippen LogP contribution in [0, 0.1) is 6.92 Å². The standard InChI is InChI=1S/C8H9NO4S/c1-6-2-7(4-9-3-6)14(12,13)5-8(10)11/h2-4H,5H2,1H3,(H,10,11). The smallest absolute Gasteiger partial charge is 0.319 e. The van der Waals surface area contributed by atoms with Gasteiger partial charge in [0, 0.05) is 12.4 Å². The molecular weight excluding hydrogens is 206 g/mol. The van der Waals surface area contributed by atoms with Gasteiger partial charge in [-0.1, -0.05) is 0 Å². The fourth-order valence-electron chi connectivity index (χ4n) is 0.943. The lowest BCUT2D eigenvalue weighted by atomic mass is 10.3. The third kappa shape index (κ3) is 2.53. The second-order valence-corrected chi connectivity index (χ2v) is 4.84. The quantitative estimate of drug-likeness (QED) is 0.781. The van der Waals surface area contributed by atoms with Gasteiger partial charge in [0.1, 0.15) is 0 Å². The van der Waals surface area contributed by atoms with Crippen LogP contribution in [0.1, 0.15) is 5.56 Å². The molecule has 0 unspecified atom stereocenters. The summed E-state index contributed by atoms with van der Waals surface area (Å²) in [5.74, 6) is -2.27. The molecule has 0 saturated heterocycles. The van der Waals surface area contributed by atoms with Gasteiger partial charge in [-0.05, 0) is 18.6 Å². The van der Waals surface area contributed by atoms with Crippen molar-refractivity contribution in [2.24, 2.45) is 0 Å². The average Bonchev–Trinajstić information content (AvgIpc) is 2.01. The second kappa shape index (κ2) is 3.75. The first-order valence-electron chi connectivity index (χ1n) is 3.78. The minimum atomic E-state index is -3.74. The molecule has 0 aliphatic carbocycles. The Morgan fingerprint density at radius 2 is 2.14 bits per heavy atom. The Morgan fingerprint density at radius 3 is 2.64 bits per heavy atom. The van der Waals surface area contributed by atoms with Crippen molar-refractivity contribution in [3.05, 3.63) is 24.0 Å². The van der Waals surface area contributed by atoms with E-state index in [0.717, 1.165) is 6.20 Å². The van der Waals surface area contributed by atoms with Crippen molar-refractivity contribution in [2.75, 3.05) is 5.75 Å². The number of carboxylic acids is 1. The molecule has 0 amide bonds. The fraction of sp³-hybridized carbons (Fsp3) is 0.250. The largest absolute Gasteiger partial charge is 0.480 e. The molecule has 0 bridgehead atoms. The predicted molar refractivity (Wildman–Crippen MR) is 48.7 cm³/mol. The van der Waals surface area contributed by atoms with E-state index in [1.165, 1.54) is 12.3 Å². The maximum absolute atomic E-state index is 11.4. The number of hydrogen-bond acceptors (Lipinski definition) is 4. The molecule has 5 nitrogen and oxygen atoms in total. The van der Waals surface area contributed by atoms with Crippen LogP contribution in [0.4, 0.5) is 0 Å². The van der Waals surface area contributed by atoms with Crippen molar-refractivity contribution >= 4 is 15.8 Å². The third-order valence-electron chi connectivity index (χ3n) is 1.52. The Hall–Kier alpha value is -1.43. The van der Waals surface area contributed by atoms with Crippen molar-refractivity contribution in [3.8, 4) is 0 Å². The molecule has 0 saturated carbocycles. The Labute approximate surface area is 81.3 Å². The van der Waals surface area contributed by atoms with E-state index in [4.69, 9.17) is 5.11 Å². The van der Waals surface area contributed by atoms with E-state index in [0.29, 0.717) is 5.56 Å². The zero-order valence-electron chi connectivity index (χ0n) is 7.47. The zero-order chi connectivity index (χ0) is 10.8. The Bertz CT molecular complexity index is 452. The van der Waals surface area contributed by atoms with Crippen molar-refractivity contribution in [1.29, 1.82) is 0 Å². The van der Waals surface area contributed by atoms with Crippen LogP contribution in [0.25, 0.3) is 0 Å². The zero-order valence-corrected chi connectivity index (χ0v) is 8.28. The summed E-state index contributed by atoms with van der Waals surface area (Å²) in [5.41, 5.74) is 0.677. The molecule has 1 N–H and O–H groups in total. The number of hydrogen-bond donors (Lipinski definition) is 1. The molecule has 1 rings (SSSR count). The highest BCUT2D eigenvalue weighted by molar-refractivity contribution is 7.92. The summed E-state index contributed by atoms with van der Waals surface area (Å²) in [6, 6.07) is 1.39. The SMILES string of the molecule is Cc1cncc(S(=O)(=O)CC(=O)O)c1. The number of carbonyl (C=O) groups is 1. The molecule has 0 radical (unpaired) electrons. The molecule has 6 heteroatoms. The first-order chi connectivity index (χ1) is 6.42. The predicted octanol–water partition coefficient (Wildman–Crippen LogP) is 0.248. The minimum absolute atomic E-state index is 0.0556. The number of aliphatic carboxylic acids is 1. The van der Waals surface area contributed by atoms with Gasteiger partial charge in [0.25, 0.3) is 0 Å². The third-order valence-corrected chi connectivity index (χ3v) is 3.09. The van der Waals surface area contributed by atoms with Gasteiger partial charge in [-0.2, -0.15) is 0 Å². The molecule has 0 fully saturated rings. The van der Waals surface area contributed by atoms with Gasteiger partial charge in [-0.15, -0.1) is 0 Å². The topological polar surface area (TPSA) is 84.3 Å². The molecule has 1 aromatic heterocycles. The highest BCUT2D eigenvalue weighted by atomic mass is 32.2. The maximum Gasteiger partial charge on any atom is 0.319 e. The van der Waals surface area contributed by atoms with E-state index in [1.54, 1.807) is 6.92 Å². The van der Waals surface area contributed by atoms with Crippen LogP contribution in [0.3, 0.4) is 0 Å². The Kier molecular flexibility index (Phi) is 2.85. The molecule has 0 aliphatic heterocycles. The maximum atomic E-state index is 11.4. The van der Waals surface area contributed by atoms with Crippen LogP contribution in [-0.4, -0.2) is 30.2 Å². The van der Waals surface area contributed by atoms with Crippen LogP contribution in [0.5, 0.6) is 0 Å². The van der Waals surface area contributed by atoms with Crippen molar-refractivity contribution in [3.63, 3.8) is 0 Å². The van der Waals surface area contributed by atoms with E-state index >= 15 is 0 Å². The van der Waals surface area contributed by atoms with Crippen LogP contribution < -0.4 is 0 Å². The Morgan fingerprint density at radius 1 is 1.50 bits per heavy atom. The lowest BCUT2D eigenvalue weighted by Crippen LogP contribution is -2.15. The minimum Gasteiger partial charge on any atom is -0.480 e. The van der Waals surface area contributed by atoms with Crippen LogP contribution in [-0.2, 0) is 14.6 Å². The van der Waals surface area contributed by atoms with E-state index in [9.17, 15) is 13.2 Å². The summed E-state index contributed by atoms with van der Waals surface area (Å²) < 4.78 is 22.7. The van der Waals surface area contributed by atoms with Gasteiger partial charge in [0.05, 0.1) is 4.90 Å². The van der Waals surface area contributed by atoms with E-state index in [-0.39, 0.29) is 4.90 Å². The molecule has 0 aliphatic rings. The molecule has 76 valence electrons. The summed E-state index contributed by atoms with van der Waals surface area (Å²) in [6.45, 7) is 1.69. The molecule has 0 spiro atoms. The second-order valence-electron chi connectivity index (χ2n) is 2.85. The molecule has 0 aromatic carbocycles. The summed E-state index contributed by atoms with van der Waals surface area (Å²) in [4.78, 5) is 13.9. The lowest BCUT2D eigenvalue weighted by Gasteiger charge is -2.01. The van der Waals surface area contributed by atoms with Crippen LogP contribution in [0.2, 0.25) is 0 Å². The number of pyridine rings is 1. The average molecular weight is 215 g/mol. The number of carboxylic acid groups (broad SMARTS) is 1. The summed E-state index contributed by atoms with van der Waals surface area (Å²) >= 11 is 0. The number of rotatable bonds is 3. The van der Waals surface area contributed by atoms with E-state index < -0.39 is 21.6 Å². The van der Waals surface area contributed by atoms with Gasteiger partial charge in [-0.25, -0.2) is 8.42 Å². The van der Waals surface area contributed by atoms with Crippen molar-refractivity contribution < 1.29 is 18.3 Å². The first-order valence-corrected chi connectivity index (χ1v) is 5.43. The normalized spacial score (nSPS) is 11.2. The molecular formula is C8H9NO4S. The van der Waals surface area contributed by atoms with Gasteiger partial charge in [0.15, 0.2) is 15.6 Å². The van der Waals surface area contributed by atoms with Crippen LogP contribution >= 0.6 is 0 Å². The number of nitrogens with zero attached hydrogens (tertiary/aromatic N) is 1. The van der Waals surface area contributed by atoms with Gasteiger partial charge >= 0.3 is 5.97 Å². The van der Waals surface area contributed by atoms with Gasteiger partial charge in [-0.3, -0.25) is 9.78 Å².